The molecule has 0 fully saturated rings. The molecule has 142 valence electrons. The maximum absolute atomic E-state index is 13.0. The summed E-state index contributed by atoms with van der Waals surface area (Å²) in [5.74, 6) is 0.0699. The molecule has 0 unspecified atom stereocenters. The Balaban J connectivity index is 1.74. The van der Waals surface area contributed by atoms with Crippen molar-refractivity contribution in [3.8, 4) is 5.69 Å². The van der Waals surface area contributed by atoms with Crippen LogP contribution in [0, 0.1) is 13.8 Å². The number of carbonyl (C=O) groups is 1. The minimum atomic E-state index is -0.216. The van der Waals surface area contributed by atoms with Gasteiger partial charge >= 0.3 is 0 Å². The third kappa shape index (κ3) is 2.81. The number of nitrogens with two attached hydrogens (primary N) is 2. The van der Waals surface area contributed by atoms with Crippen LogP contribution in [-0.4, -0.2) is 25.5 Å². The Morgan fingerprint density at radius 3 is 2.61 bits per heavy atom. The first-order valence-electron chi connectivity index (χ1n) is 9.12. The summed E-state index contributed by atoms with van der Waals surface area (Å²) in [5.41, 5.74) is 18.2. The van der Waals surface area contributed by atoms with E-state index in [9.17, 15) is 4.79 Å². The van der Waals surface area contributed by atoms with Gasteiger partial charge in [0.05, 0.1) is 29.3 Å². The monoisotopic (exact) mass is 374 g/mol. The average Bonchev–Trinajstić information content (AvgIpc) is 3.25. The zero-order chi connectivity index (χ0) is 20.0. The molecule has 0 aliphatic carbocycles. The van der Waals surface area contributed by atoms with Gasteiger partial charge in [0, 0.05) is 22.3 Å². The normalized spacial score (nSPS) is 11.2. The number of carbonyl (C=O) groups excluding carboxylic acids is 1. The predicted molar refractivity (Wildman–Crippen MR) is 111 cm³/mol. The standard InChI is InChI=1S/C21H22N6O/c1-4-14-6-12(3)19(10-24-14)27-21(23)15(9-25-27)20(28)18-7-13-5-11(2)16(22)8-17(13)26-18/h5-10,26H,4,22-23H2,1-3H3. The number of hydrogen-bond acceptors (Lipinski definition) is 5. The number of nitrogens with zero attached hydrogens (tertiary/aromatic N) is 3. The lowest BCUT2D eigenvalue weighted by Gasteiger charge is -2.09. The number of benzene rings is 1. The van der Waals surface area contributed by atoms with E-state index in [2.05, 4.69) is 22.0 Å². The van der Waals surface area contributed by atoms with E-state index in [1.165, 1.54) is 6.20 Å². The number of aromatic nitrogens is 4. The predicted octanol–water partition coefficient (Wildman–Crippen LogP) is 3.32. The van der Waals surface area contributed by atoms with Crippen molar-refractivity contribution >= 4 is 28.2 Å². The van der Waals surface area contributed by atoms with Gasteiger partial charge in [-0.15, -0.1) is 0 Å². The Bertz CT molecular complexity index is 1180. The lowest BCUT2D eigenvalue weighted by atomic mass is 10.1. The van der Waals surface area contributed by atoms with Crippen molar-refractivity contribution in [2.24, 2.45) is 0 Å². The summed E-state index contributed by atoms with van der Waals surface area (Å²) in [5, 5.41) is 5.26. The zero-order valence-electron chi connectivity index (χ0n) is 16.1. The van der Waals surface area contributed by atoms with Crippen LogP contribution < -0.4 is 11.5 Å². The summed E-state index contributed by atoms with van der Waals surface area (Å²) in [7, 11) is 0. The Labute approximate surface area is 162 Å². The largest absolute Gasteiger partial charge is 0.398 e. The van der Waals surface area contributed by atoms with Gasteiger partial charge in [-0.25, -0.2) is 4.68 Å². The number of H-pyrrole nitrogens is 1. The molecule has 7 heteroatoms. The first-order chi connectivity index (χ1) is 13.4. The first kappa shape index (κ1) is 17.8. The Morgan fingerprint density at radius 2 is 1.89 bits per heavy atom. The minimum Gasteiger partial charge on any atom is -0.398 e. The summed E-state index contributed by atoms with van der Waals surface area (Å²) in [4.78, 5) is 20.6. The smallest absolute Gasteiger partial charge is 0.214 e. The molecule has 1 aromatic carbocycles. The van der Waals surface area contributed by atoms with Crippen molar-refractivity contribution in [3.05, 3.63) is 64.7 Å². The van der Waals surface area contributed by atoms with E-state index in [-0.39, 0.29) is 11.6 Å². The minimum absolute atomic E-state index is 0.216. The molecule has 28 heavy (non-hydrogen) atoms. The topological polar surface area (TPSA) is 116 Å². The van der Waals surface area contributed by atoms with Gasteiger partial charge in [-0.1, -0.05) is 6.92 Å². The van der Waals surface area contributed by atoms with E-state index in [0.717, 1.165) is 39.8 Å². The number of ketones is 1. The van der Waals surface area contributed by atoms with E-state index in [1.54, 1.807) is 10.9 Å². The molecule has 4 aromatic rings. The molecule has 0 aliphatic heterocycles. The lowest BCUT2D eigenvalue weighted by Crippen LogP contribution is -2.09. The van der Waals surface area contributed by atoms with Crippen LogP contribution in [0.25, 0.3) is 16.6 Å². The van der Waals surface area contributed by atoms with Gasteiger partial charge in [0.25, 0.3) is 0 Å². The van der Waals surface area contributed by atoms with Crippen molar-refractivity contribution in [1.29, 1.82) is 0 Å². The van der Waals surface area contributed by atoms with Crippen molar-refractivity contribution in [2.45, 2.75) is 27.2 Å². The van der Waals surface area contributed by atoms with E-state index >= 15 is 0 Å². The highest BCUT2D eigenvalue weighted by Crippen LogP contribution is 2.26. The molecule has 0 spiro atoms. The molecule has 0 atom stereocenters. The maximum atomic E-state index is 13.0. The maximum Gasteiger partial charge on any atom is 0.214 e. The number of nitrogen functional groups attached to an aromatic ring is 2. The Morgan fingerprint density at radius 1 is 1.11 bits per heavy atom. The Hall–Kier alpha value is -3.61. The van der Waals surface area contributed by atoms with Crippen LogP contribution >= 0.6 is 0 Å². The van der Waals surface area contributed by atoms with Crippen molar-refractivity contribution in [1.82, 2.24) is 19.7 Å². The van der Waals surface area contributed by atoms with Crippen LogP contribution in [0.15, 0.2) is 36.7 Å². The molecule has 3 aromatic heterocycles. The molecule has 0 saturated heterocycles. The van der Waals surface area contributed by atoms with Gasteiger partial charge in [0.15, 0.2) is 0 Å². The third-order valence-corrected chi connectivity index (χ3v) is 5.03. The number of aromatic amines is 1. The van der Waals surface area contributed by atoms with Gasteiger partial charge in [-0.3, -0.25) is 9.78 Å². The molecule has 0 saturated carbocycles. The summed E-state index contributed by atoms with van der Waals surface area (Å²) < 4.78 is 1.56. The number of nitrogens with one attached hydrogen (secondary N) is 1. The van der Waals surface area contributed by atoms with E-state index in [1.807, 2.05) is 38.1 Å². The molecule has 0 bridgehead atoms. The van der Waals surface area contributed by atoms with Crippen molar-refractivity contribution in [2.75, 3.05) is 11.5 Å². The summed E-state index contributed by atoms with van der Waals surface area (Å²) in [6, 6.07) is 7.60. The van der Waals surface area contributed by atoms with Crippen molar-refractivity contribution in [3.63, 3.8) is 0 Å². The van der Waals surface area contributed by atoms with Crippen molar-refractivity contribution < 1.29 is 4.79 Å². The first-order valence-corrected chi connectivity index (χ1v) is 9.12. The van der Waals surface area contributed by atoms with Gasteiger partial charge < -0.3 is 16.5 Å². The second-order valence-corrected chi connectivity index (χ2v) is 6.98. The van der Waals surface area contributed by atoms with Gasteiger partial charge in [0.2, 0.25) is 5.78 Å². The quantitative estimate of drug-likeness (QED) is 0.374. The SMILES string of the molecule is CCc1cc(C)c(-n2ncc(C(=O)c3cc4cc(C)c(N)cc4[nH]3)c2N)cn1. The summed E-state index contributed by atoms with van der Waals surface area (Å²) in [6.45, 7) is 5.96. The van der Waals surface area contributed by atoms with Crippen LogP contribution in [0.3, 0.4) is 0 Å². The summed E-state index contributed by atoms with van der Waals surface area (Å²) in [6.07, 6.45) is 4.08. The number of anilines is 2. The lowest BCUT2D eigenvalue weighted by molar-refractivity contribution is 0.103. The highest BCUT2D eigenvalue weighted by molar-refractivity contribution is 6.12. The second-order valence-electron chi connectivity index (χ2n) is 6.98. The van der Waals surface area contributed by atoms with E-state index < -0.39 is 0 Å². The summed E-state index contributed by atoms with van der Waals surface area (Å²) >= 11 is 0. The zero-order valence-corrected chi connectivity index (χ0v) is 16.1. The van der Waals surface area contributed by atoms with Crippen LogP contribution in [-0.2, 0) is 6.42 Å². The molecule has 0 amide bonds. The third-order valence-electron chi connectivity index (χ3n) is 5.03. The Kier molecular flexibility index (Phi) is 4.15. The van der Waals surface area contributed by atoms with Crippen LogP contribution in [0.1, 0.15) is 39.8 Å². The second kappa shape index (κ2) is 6.53. The average molecular weight is 374 g/mol. The molecular formula is C21H22N6O. The van der Waals surface area contributed by atoms with E-state index in [0.29, 0.717) is 16.9 Å². The number of aryl methyl sites for hydroxylation is 3. The number of fused-ring (bicyclic) bond motifs is 1. The van der Waals surface area contributed by atoms with Gasteiger partial charge in [-0.05, 0) is 55.7 Å². The molecule has 4 rings (SSSR count). The van der Waals surface area contributed by atoms with Gasteiger partial charge in [0.1, 0.15) is 5.82 Å². The molecule has 0 aliphatic rings. The fourth-order valence-corrected chi connectivity index (χ4v) is 3.33. The van der Waals surface area contributed by atoms with Crippen LogP contribution in [0.5, 0.6) is 0 Å². The molecule has 7 nitrogen and oxygen atoms in total. The number of rotatable bonds is 4. The highest BCUT2D eigenvalue weighted by Gasteiger charge is 2.20. The number of pyridine rings is 1. The van der Waals surface area contributed by atoms with Gasteiger partial charge in [-0.2, -0.15) is 5.10 Å². The molecule has 5 N–H and O–H groups in total. The highest BCUT2D eigenvalue weighted by atomic mass is 16.1. The number of hydrogen-bond donors (Lipinski definition) is 3. The molecule has 0 radical (unpaired) electrons. The van der Waals surface area contributed by atoms with Crippen LogP contribution in [0.4, 0.5) is 11.5 Å². The van der Waals surface area contributed by atoms with Crippen LogP contribution in [0.2, 0.25) is 0 Å². The van der Waals surface area contributed by atoms with E-state index in [4.69, 9.17) is 11.5 Å². The molecular weight excluding hydrogens is 352 g/mol. The fraction of sp³-hybridized carbons (Fsp3) is 0.190. The fourth-order valence-electron chi connectivity index (χ4n) is 3.33. The molecule has 3 heterocycles.